The van der Waals surface area contributed by atoms with E-state index in [4.69, 9.17) is 23.2 Å². The van der Waals surface area contributed by atoms with Gasteiger partial charge >= 0.3 is 0 Å². The Morgan fingerprint density at radius 3 is 2.47 bits per heavy atom. The molecule has 0 aliphatic rings. The van der Waals surface area contributed by atoms with Crippen molar-refractivity contribution in [1.29, 1.82) is 0 Å². The first-order valence-corrected chi connectivity index (χ1v) is 8.02. The summed E-state index contributed by atoms with van der Waals surface area (Å²) in [5.74, 6) is 0.700. The van der Waals surface area contributed by atoms with Crippen LogP contribution in [0.3, 0.4) is 0 Å². The second-order valence-electron chi connectivity index (χ2n) is 5.30. The zero-order chi connectivity index (χ0) is 14.3. The number of benzene rings is 1. The van der Waals surface area contributed by atoms with Crippen molar-refractivity contribution in [2.45, 2.75) is 52.5 Å². The fourth-order valence-electron chi connectivity index (χ4n) is 2.44. The summed E-state index contributed by atoms with van der Waals surface area (Å²) in [6.07, 6.45) is 4.74. The van der Waals surface area contributed by atoms with Crippen LogP contribution < -0.4 is 5.32 Å². The Hall–Kier alpha value is -0.240. The molecule has 1 aromatic carbocycles. The summed E-state index contributed by atoms with van der Waals surface area (Å²) >= 11 is 12.3. The molecule has 1 N–H and O–H groups in total. The Labute approximate surface area is 127 Å². The summed E-state index contributed by atoms with van der Waals surface area (Å²) in [6, 6.07) is 6.14. The van der Waals surface area contributed by atoms with E-state index in [0.29, 0.717) is 17.0 Å². The molecule has 1 rings (SSSR count). The van der Waals surface area contributed by atoms with Gasteiger partial charge in [0.2, 0.25) is 0 Å². The predicted molar refractivity (Wildman–Crippen MR) is 86.2 cm³/mol. The van der Waals surface area contributed by atoms with Gasteiger partial charge in [-0.15, -0.1) is 0 Å². The Balaban J connectivity index is 2.82. The highest BCUT2D eigenvalue weighted by Crippen LogP contribution is 2.31. The molecule has 0 radical (unpaired) electrons. The topological polar surface area (TPSA) is 12.0 Å². The summed E-state index contributed by atoms with van der Waals surface area (Å²) in [7, 11) is 0. The molecule has 0 saturated carbocycles. The number of nitrogens with one attached hydrogen (secondary N) is 1. The zero-order valence-electron chi connectivity index (χ0n) is 12.2. The first kappa shape index (κ1) is 16.8. The molecule has 19 heavy (non-hydrogen) atoms. The van der Waals surface area contributed by atoms with Gasteiger partial charge in [-0.2, -0.15) is 0 Å². The van der Waals surface area contributed by atoms with Crippen molar-refractivity contribution in [1.82, 2.24) is 5.32 Å². The highest BCUT2D eigenvalue weighted by atomic mass is 35.5. The van der Waals surface area contributed by atoms with E-state index < -0.39 is 0 Å². The number of hydrogen-bond donors (Lipinski definition) is 1. The monoisotopic (exact) mass is 301 g/mol. The maximum Gasteiger partial charge on any atom is 0.0468 e. The Bertz CT molecular complexity index is 379. The predicted octanol–water partition coefficient (Wildman–Crippen LogP) is 5.86. The maximum atomic E-state index is 6.34. The third-order valence-corrected chi connectivity index (χ3v) is 3.96. The van der Waals surface area contributed by atoms with Crippen molar-refractivity contribution in [2.75, 3.05) is 6.54 Å². The van der Waals surface area contributed by atoms with E-state index in [2.05, 4.69) is 32.2 Å². The minimum absolute atomic E-state index is 0.325. The van der Waals surface area contributed by atoms with E-state index in [1.807, 2.05) is 12.1 Å². The quantitative estimate of drug-likeness (QED) is 0.634. The molecule has 0 bridgehead atoms. The standard InChI is InChI=1S/C16H25Cl2N/c1-4-6-12(3)10-16(19-9-5-2)14-8-7-13(17)11-15(14)18/h7-8,11-12,16,19H,4-6,9-10H2,1-3H3. The van der Waals surface area contributed by atoms with Gasteiger partial charge in [-0.1, -0.05) is 62.9 Å². The lowest BCUT2D eigenvalue weighted by Gasteiger charge is -2.23. The van der Waals surface area contributed by atoms with E-state index >= 15 is 0 Å². The van der Waals surface area contributed by atoms with Crippen molar-refractivity contribution >= 4 is 23.2 Å². The van der Waals surface area contributed by atoms with E-state index in [1.54, 1.807) is 0 Å². The van der Waals surface area contributed by atoms with Crippen LogP contribution in [0.15, 0.2) is 18.2 Å². The first-order valence-electron chi connectivity index (χ1n) is 7.26. The molecular formula is C16H25Cl2N. The molecule has 1 aromatic rings. The molecule has 0 saturated heterocycles. The van der Waals surface area contributed by atoms with Gasteiger partial charge in [0.15, 0.2) is 0 Å². The summed E-state index contributed by atoms with van der Waals surface area (Å²) in [6.45, 7) is 7.75. The smallest absolute Gasteiger partial charge is 0.0468 e. The molecule has 0 aromatic heterocycles. The SMILES string of the molecule is CCCNC(CC(C)CCC)c1ccc(Cl)cc1Cl. The Morgan fingerprint density at radius 2 is 1.89 bits per heavy atom. The Kier molecular flexibility index (Phi) is 7.82. The van der Waals surface area contributed by atoms with Gasteiger partial charge in [0, 0.05) is 16.1 Å². The molecule has 0 heterocycles. The molecular weight excluding hydrogens is 277 g/mol. The highest BCUT2D eigenvalue weighted by Gasteiger charge is 2.17. The largest absolute Gasteiger partial charge is 0.310 e. The van der Waals surface area contributed by atoms with Crippen LogP contribution in [0.25, 0.3) is 0 Å². The molecule has 1 nitrogen and oxygen atoms in total. The van der Waals surface area contributed by atoms with Gasteiger partial charge < -0.3 is 5.32 Å². The van der Waals surface area contributed by atoms with Crippen LogP contribution in [0.4, 0.5) is 0 Å². The summed E-state index contributed by atoms with van der Waals surface area (Å²) in [5.41, 5.74) is 1.17. The third-order valence-electron chi connectivity index (χ3n) is 3.40. The maximum absolute atomic E-state index is 6.34. The number of rotatable bonds is 8. The van der Waals surface area contributed by atoms with E-state index in [9.17, 15) is 0 Å². The minimum atomic E-state index is 0.325. The lowest BCUT2D eigenvalue weighted by molar-refractivity contribution is 0.390. The average molecular weight is 302 g/mol. The normalized spacial score (nSPS) is 14.4. The van der Waals surface area contributed by atoms with Crippen molar-refractivity contribution in [3.63, 3.8) is 0 Å². The van der Waals surface area contributed by atoms with Crippen LogP contribution in [-0.2, 0) is 0 Å². The van der Waals surface area contributed by atoms with Crippen molar-refractivity contribution < 1.29 is 0 Å². The molecule has 3 heteroatoms. The Morgan fingerprint density at radius 1 is 1.16 bits per heavy atom. The van der Waals surface area contributed by atoms with Crippen LogP contribution in [-0.4, -0.2) is 6.54 Å². The lowest BCUT2D eigenvalue weighted by Crippen LogP contribution is -2.24. The van der Waals surface area contributed by atoms with Crippen molar-refractivity contribution in [3.05, 3.63) is 33.8 Å². The lowest BCUT2D eigenvalue weighted by atomic mass is 9.93. The van der Waals surface area contributed by atoms with Crippen LogP contribution in [0.5, 0.6) is 0 Å². The van der Waals surface area contributed by atoms with Crippen LogP contribution in [0.2, 0.25) is 10.0 Å². The highest BCUT2D eigenvalue weighted by molar-refractivity contribution is 6.35. The summed E-state index contributed by atoms with van der Waals surface area (Å²) in [5, 5.41) is 5.07. The summed E-state index contributed by atoms with van der Waals surface area (Å²) < 4.78 is 0. The second kappa shape index (κ2) is 8.84. The second-order valence-corrected chi connectivity index (χ2v) is 6.15. The van der Waals surface area contributed by atoms with Crippen LogP contribution in [0, 0.1) is 5.92 Å². The van der Waals surface area contributed by atoms with Gasteiger partial charge in [0.05, 0.1) is 0 Å². The molecule has 2 unspecified atom stereocenters. The minimum Gasteiger partial charge on any atom is -0.310 e. The van der Waals surface area contributed by atoms with Crippen molar-refractivity contribution in [3.8, 4) is 0 Å². The van der Waals surface area contributed by atoms with Crippen LogP contribution in [0.1, 0.15) is 58.1 Å². The van der Waals surface area contributed by atoms with Crippen molar-refractivity contribution in [2.24, 2.45) is 5.92 Å². The average Bonchev–Trinajstić information content (AvgIpc) is 2.35. The van der Waals surface area contributed by atoms with Crippen LogP contribution >= 0.6 is 23.2 Å². The number of halogens is 2. The first-order chi connectivity index (χ1) is 9.08. The molecule has 108 valence electrons. The fourth-order valence-corrected chi connectivity index (χ4v) is 2.98. The van der Waals surface area contributed by atoms with Gasteiger partial charge in [-0.25, -0.2) is 0 Å². The molecule has 0 aliphatic heterocycles. The third kappa shape index (κ3) is 5.72. The van der Waals surface area contributed by atoms with Gasteiger partial charge in [0.25, 0.3) is 0 Å². The summed E-state index contributed by atoms with van der Waals surface area (Å²) in [4.78, 5) is 0. The van der Waals surface area contributed by atoms with E-state index in [-0.39, 0.29) is 0 Å². The molecule has 0 aliphatic carbocycles. The molecule has 0 fully saturated rings. The van der Waals surface area contributed by atoms with E-state index in [0.717, 1.165) is 24.4 Å². The van der Waals surface area contributed by atoms with Gasteiger partial charge in [0.1, 0.15) is 0 Å². The van der Waals surface area contributed by atoms with Gasteiger partial charge in [-0.3, -0.25) is 0 Å². The van der Waals surface area contributed by atoms with Gasteiger partial charge in [-0.05, 0) is 43.0 Å². The fraction of sp³-hybridized carbons (Fsp3) is 0.625. The number of hydrogen-bond acceptors (Lipinski definition) is 1. The van der Waals surface area contributed by atoms with E-state index in [1.165, 1.54) is 18.4 Å². The zero-order valence-corrected chi connectivity index (χ0v) is 13.7. The molecule has 2 atom stereocenters. The molecule has 0 amide bonds. The molecule has 0 spiro atoms.